The number of hydrogen-bond acceptors (Lipinski definition) is 6. The Hall–Kier alpha value is -2.38. The molecule has 3 rings (SSSR count). The van der Waals surface area contributed by atoms with Crippen LogP contribution in [0.15, 0.2) is 30.3 Å². The zero-order valence-corrected chi connectivity index (χ0v) is 11.7. The highest BCUT2D eigenvalue weighted by molar-refractivity contribution is 7.14. The van der Waals surface area contributed by atoms with Crippen molar-refractivity contribution in [2.24, 2.45) is 5.84 Å². The van der Waals surface area contributed by atoms with Crippen LogP contribution in [0.5, 0.6) is 11.5 Å². The average molecular weight is 304 g/mol. The normalized spacial score (nSPS) is 12.7. The second-order valence-electron chi connectivity index (χ2n) is 4.40. The third-order valence-corrected chi connectivity index (χ3v) is 4.07. The smallest absolute Gasteiger partial charge is 0.275 e. The number of carbonyl (C=O) groups is 2. The van der Waals surface area contributed by atoms with Gasteiger partial charge in [0.25, 0.3) is 5.91 Å². The molecule has 1 aliphatic heterocycles. The molecule has 0 bridgehead atoms. The van der Waals surface area contributed by atoms with Crippen LogP contribution in [0.3, 0.4) is 0 Å². The topological polar surface area (TPSA) is 90.7 Å². The molecule has 1 aromatic carbocycles. The molecular weight excluding hydrogens is 292 g/mol. The molecule has 0 saturated carbocycles. The lowest BCUT2D eigenvalue weighted by molar-refractivity contribution is 0.0951. The van der Waals surface area contributed by atoms with E-state index in [9.17, 15) is 9.59 Å². The molecule has 0 atom stereocenters. The molecule has 0 aliphatic carbocycles. The Labute approximate surface area is 124 Å². The van der Waals surface area contributed by atoms with Crippen LogP contribution >= 0.6 is 11.3 Å². The van der Waals surface area contributed by atoms with Gasteiger partial charge in [-0.05, 0) is 24.3 Å². The third kappa shape index (κ3) is 2.74. The monoisotopic (exact) mass is 304 g/mol. The Morgan fingerprint density at radius 3 is 3.05 bits per heavy atom. The SMILES string of the molecule is NNC(=O)c1ccc(COc2ccc3c(c2)OCC3=O)s1. The van der Waals surface area contributed by atoms with Crippen LogP contribution in [-0.4, -0.2) is 18.3 Å². The molecule has 2 heterocycles. The zero-order chi connectivity index (χ0) is 14.8. The minimum Gasteiger partial charge on any atom is -0.488 e. The van der Waals surface area contributed by atoms with Crippen LogP contribution in [0.1, 0.15) is 24.9 Å². The summed E-state index contributed by atoms with van der Waals surface area (Å²) in [6.07, 6.45) is 0. The minimum atomic E-state index is -0.323. The molecule has 6 nitrogen and oxygen atoms in total. The van der Waals surface area contributed by atoms with E-state index in [-0.39, 0.29) is 18.3 Å². The van der Waals surface area contributed by atoms with Gasteiger partial charge >= 0.3 is 0 Å². The summed E-state index contributed by atoms with van der Waals surface area (Å²) < 4.78 is 10.9. The summed E-state index contributed by atoms with van der Waals surface area (Å²) in [5.74, 6) is 5.89. The summed E-state index contributed by atoms with van der Waals surface area (Å²) in [6.45, 7) is 0.413. The van der Waals surface area contributed by atoms with Gasteiger partial charge in [0.2, 0.25) is 5.78 Å². The number of carbonyl (C=O) groups excluding carboxylic acids is 2. The molecule has 0 fully saturated rings. The Morgan fingerprint density at radius 1 is 1.38 bits per heavy atom. The summed E-state index contributed by atoms with van der Waals surface area (Å²) in [6, 6.07) is 8.62. The number of fused-ring (bicyclic) bond motifs is 1. The number of nitrogens with one attached hydrogen (secondary N) is 1. The van der Waals surface area contributed by atoms with Crippen LogP contribution < -0.4 is 20.7 Å². The Bertz CT molecular complexity index is 711. The van der Waals surface area contributed by atoms with Gasteiger partial charge in [0, 0.05) is 10.9 Å². The van der Waals surface area contributed by atoms with E-state index in [1.165, 1.54) is 11.3 Å². The molecule has 21 heavy (non-hydrogen) atoms. The molecule has 0 saturated heterocycles. The lowest BCUT2D eigenvalue weighted by Gasteiger charge is -2.06. The second kappa shape index (κ2) is 5.55. The number of nitrogens with two attached hydrogens (primary N) is 1. The first-order valence-corrected chi connectivity index (χ1v) is 7.01. The van der Waals surface area contributed by atoms with Crippen molar-refractivity contribution in [2.45, 2.75) is 6.61 Å². The molecular formula is C14H12N2O4S. The van der Waals surface area contributed by atoms with E-state index in [1.807, 2.05) is 6.07 Å². The highest BCUT2D eigenvalue weighted by Crippen LogP contribution is 2.30. The molecule has 7 heteroatoms. The summed E-state index contributed by atoms with van der Waals surface area (Å²) in [7, 11) is 0. The zero-order valence-electron chi connectivity index (χ0n) is 10.9. The molecule has 0 spiro atoms. The maximum Gasteiger partial charge on any atom is 0.275 e. The fraction of sp³-hybridized carbons (Fsp3) is 0.143. The fourth-order valence-electron chi connectivity index (χ4n) is 1.97. The third-order valence-electron chi connectivity index (χ3n) is 3.01. The van der Waals surface area contributed by atoms with E-state index in [4.69, 9.17) is 15.3 Å². The Kier molecular flexibility index (Phi) is 3.59. The molecule has 1 aliphatic rings. The van der Waals surface area contributed by atoms with Gasteiger partial charge in [-0.1, -0.05) is 0 Å². The lowest BCUT2D eigenvalue weighted by Crippen LogP contribution is -2.29. The highest BCUT2D eigenvalue weighted by atomic mass is 32.1. The molecule has 1 aromatic heterocycles. The number of ketones is 1. The van der Waals surface area contributed by atoms with Crippen LogP contribution in [0, 0.1) is 0 Å². The van der Waals surface area contributed by atoms with Crippen molar-refractivity contribution >= 4 is 23.0 Å². The van der Waals surface area contributed by atoms with Gasteiger partial charge in [-0.15, -0.1) is 11.3 Å². The lowest BCUT2D eigenvalue weighted by atomic mass is 10.1. The van der Waals surface area contributed by atoms with Crippen molar-refractivity contribution in [3.05, 3.63) is 45.6 Å². The van der Waals surface area contributed by atoms with Crippen molar-refractivity contribution < 1.29 is 19.1 Å². The van der Waals surface area contributed by atoms with Gasteiger partial charge < -0.3 is 9.47 Å². The van der Waals surface area contributed by atoms with E-state index in [2.05, 4.69) is 5.43 Å². The number of amides is 1. The first kappa shape index (κ1) is 13.6. The summed E-state index contributed by atoms with van der Waals surface area (Å²) in [5.41, 5.74) is 2.67. The largest absolute Gasteiger partial charge is 0.488 e. The first-order chi connectivity index (χ1) is 10.2. The number of thiophene rings is 1. The van der Waals surface area contributed by atoms with Crippen LogP contribution in [-0.2, 0) is 6.61 Å². The van der Waals surface area contributed by atoms with Crippen molar-refractivity contribution in [3.63, 3.8) is 0 Å². The summed E-state index contributed by atoms with van der Waals surface area (Å²) >= 11 is 1.31. The van der Waals surface area contributed by atoms with Gasteiger partial charge in [0.1, 0.15) is 18.1 Å². The standard InChI is InChI=1S/C14H12N2O4S/c15-16-14(18)13-4-2-9(21-13)6-19-8-1-3-10-11(17)7-20-12(10)5-8/h1-5H,6-7,15H2,(H,16,18). The van der Waals surface area contributed by atoms with Gasteiger partial charge in [-0.3, -0.25) is 15.0 Å². The number of nitrogen functional groups attached to an aromatic ring is 1. The highest BCUT2D eigenvalue weighted by Gasteiger charge is 2.21. The number of hydrogen-bond donors (Lipinski definition) is 2. The van der Waals surface area contributed by atoms with E-state index in [0.29, 0.717) is 28.5 Å². The minimum absolute atomic E-state index is 0.0211. The number of Topliss-reactive ketones (excluding diaryl/α,β-unsaturated/α-hetero) is 1. The summed E-state index contributed by atoms with van der Waals surface area (Å²) in [5, 5.41) is 0. The number of ether oxygens (including phenoxy) is 2. The first-order valence-electron chi connectivity index (χ1n) is 6.20. The maximum absolute atomic E-state index is 11.4. The maximum atomic E-state index is 11.4. The van der Waals surface area contributed by atoms with Gasteiger partial charge in [0.15, 0.2) is 6.61 Å². The van der Waals surface area contributed by atoms with E-state index < -0.39 is 0 Å². The van der Waals surface area contributed by atoms with Crippen LogP contribution in [0.25, 0.3) is 0 Å². The van der Waals surface area contributed by atoms with Crippen molar-refractivity contribution in [3.8, 4) is 11.5 Å². The molecule has 108 valence electrons. The molecule has 3 N–H and O–H groups in total. The van der Waals surface area contributed by atoms with Crippen molar-refractivity contribution in [1.29, 1.82) is 0 Å². The van der Waals surface area contributed by atoms with E-state index in [1.54, 1.807) is 24.3 Å². The van der Waals surface area contributed by atoms with E-state index >= 15 is 0 Å². The van der Waals surface area contributed by atoms with E-state index in [0.717, 1.165) is 4.88 Å². The predicted molar refractivity (Wildman–Crippen MR) is 76.6 cm³/mol. The molecule has 2 aromatic rings. The fourth-order valence-corrected chi connectivity index (χ4v) is 2.79. The average Bonchev–Trinajstić information content (AvgIpc) is 3.12. The quantitative estimate of drug-likeness (QED) is 0.507. The van der Waals surface area contributed by atoms with Gasteiger partial charge in [-0.2, -0.15) is 0 Å². The second-order valence-corrected chi connectivity index (χ2v) is 5.57. The summed E-state index contributed by atoms with van der Waals surface area (Å²) in [4.78, 5) is 24.2. The number of benzene rings is 1. The Balaban J connectivity index is 1.67. The van der Waals surface area contributed by atoms with Gasteiger partial charge in [0.05, 0.1) is 10.4 Å². The van der Waals surface area contributed by atoms with Crippen molar-refractivity contribution in [2.75, 3.05) is 6.61 Å². The molecule has 1 amide bonds. The molecule has 0 unspecified atom stereocenters. The van der Waals surface area contributed by atoms with Crippen molar-refractivity contribution in [1.82, 2.24) is 5.43 Å². The van der Waals surface area contributed by atoms with Crippen LogP contribution in [0.4, 0.5) is 0 Å². The van der Waals surface area contributed by atoms with Crippen LogP contribution in [0.2, 0.25) is 0 Å². The molecule has 0 radical (unpaired) electrons. The Morgan fingerprint density at radius 2 is 2.24 bits per heavy atom. The number of rotatable bonds is 4. The number of hydrazine groups is 1. The van der Waals surface area contributed by atoms with Gasteiger partial charge in [-0.25, -0.2) is 5.84 Å². The predicted octanol–water partition coefficient (Wildman–Crippen LogP) is 1.51.